The van der Waals surface area contributed by atoms with E-state index in [2.05, 4.69) is 9.47 Å². The molecule has 4 N–H and O–H groups in total. The van der Waals surface area contributed by atoms with Crippen LogP contribution in [0, 0.1) is 29.1 Å². The van der Waals surface area contributed by atoms with Crippen molar-refractivity contribution in [1.29, 1.82) is 0 Å². The number of rotatable bonds is 4. The summed E-state index contributed by atoms with van der Waals surface area (Å²) in [6.07, 6.45) is -16.6. The van der Waals surface area contributed by atoms with Crippen molar-refractivity contribution < 1.29 is 70.9 Å². The van der Waals surface area contributed by atoms with Crippen LogP contribution in [0.3, 0.4) is 0 Å². The number of hydrogen-bond acceptors (Lipinski definition) is 4. The van der Waals surface area contributed by atoms with Crippen LogP contribution in [-0.4, -0.2) is 0 Å². The quantitative estimate of drug-likeness (QED) is 0.239. The second-order valence-corrected chi connectivity index (χ2v) is 7.37. The van der Waals surface area contributed by atoms with Crippen molar-refractivity contribution in [1.82, 2.24) is 0 Å². The molecule has 0 aliphatic carbocycles. The number of hydrogen-bond donors (Lipinski definition) is 2. The molecule has 3 rings (SSSR count). The van der Waals surface area contributed by atoms with Crippen LogP contribution in [0.4, 0.5) is 72.8 Å². The van der Waals surface area contributed by atoms with E-state index in [1.54, 1.807) is 0 Å². The number of benzene rings is 3. The molecule has 0 heterocycles. The number of nitrogens with two attached hydrogens (primary N) is 2. The molecule has 0 aliphatic rings. The molecule has 0 amide bonds. The van der Waals surface area contributed by atoms with Gasteiger partial charge in [-0.05, 0) is 12.1 Å². The third kappa shape index (κ3) is 5.53. The monoisotopic (exact) mass is 586 g/mol. The maximum atomic E-state index is 15.0. The van der Waals surface area contributed by atoms with Crippen molar-refractivity contribution in [2.75, 3.05) is 11.5 Å². The van der Waals surface area contributed by atoms with Crippen molar-refractivity contribution in [3.63, 3.8) is 0 Å². The van der Waals surface area contributed by atoms with Gasteiger partial charge in [0.05, 0.1) is 11.4 Å². The molecule has 4 nitrogen and oxygen atoms in total. The van der Waals surface area contributed by atoms with Crippen molar-refractivity contribution in [2.45, 2.75) is 18.5 Å². The third-order valence-corrected chi connectivity index (χ3v) is 4.80. The summed E-state index contributed by atoms with van der Waals surface area (Å²) >= 11 is 0. The number of ether oxygens (including phenoxy) is 2. The normalized spacial score (nSPS) is 12.6. The standard InChI is InChI=1S/C21H8F14N2O2/c22-6-3-9(13(24)16(36)11(6)20(30,31)32)38-8-2-1-5(19(27,28)29)18(15(8)26)39-10-4-7(23)12(21(33,34)35)17(37)14(10)25/h1-4H,36-37H2. The van der Waals surface area contributed by atoms with Gasteiger partial charge >= 0.3 is 18.5 Å². The first kappa shape index (κ1) is 29.4. The number of alkyl halides is 9. The molecule has 18 heteroatoms. The molecule has 3 aromatic carbocycles. The second-order valence-electron chi connectivity index (χ2n) is 7.37. The number of nitrogen functional groups attached to an aromatic ring is 2. The van der Waals surface area contributed by atoms with Crippen LogP contribution in [0.2, 0.25) is 0 Å². The summed E-state index contributed by atoms with van der Waals surface area (Å²) in [5.74, 6) is -18.1. The van der Waals surface area contributed by atoms with Crippen molar-refractivity contribution in [3.8, 4) is 23.0 Å². The lowest BCUT2D eigenvalue weighted by Gasteiger charge is -2.19. The summed E-state index contributed by atoms with van der Waals surface area (Å²) in [6, 6.07) is -0.587. The van der Waals surface area contributed by atoms with E-state index in [1.165, 1.54) is 0 Å². The van der Waals surface area contributed by atoms with Gasteiger partial charge in [0.2, 0.25) is 5.82 Å². The number of anilines is 2. The molecule has 212 valence electrons. The minimum Gasteiger partial charge on any atom is -0.451 e. The van der Waals surface area contributed by atoms with Crippen molar-refractivity contribution >= 4 is 11.4 Å². The molecule has 0 radical (unpaired) electrons. The SMILES string of the molecule is Nc1c(F)c(Oc2ccc(C(F)(F)F)c(Oc3cc(F)c(C(F)(F)F)c(N)c3F)c2F)cc(F)c1C(F)(F)F. The summed E-state index contributed by atoms with van der Waals surface area (Å²) < 4.78 is 198. The molecule has 0 fully saturated rings. The Hall–Kier alpha value is -4.12. The zero-order valence-corrected chi connectivity index (χ0v) is 18.1. The second kappa shape index (κ2) is 9.57. The van der Waals surface area contributed by atoms with Gasteiger partial charge in [0.15, 0.2) is 34.6 Å². The lowest BCUT2D eigenvalue weighted by Crippen LogP contribution is -2.15. The Kier molecular flexibility index (Phi) is 7.22. The zero-order chi connectivity index (χ0) is 29.8. The molecular formula is C21H8F14N2O2. The molecular weight excluding hydrogens is 578 g/mol. The average molecular weight is 586 g/mol. The molecule has 39 heavy (non-hydrogen) atoms. The van der Waals surface area contributed by atoms with E-state index < -0.39 is 105 Å². The number of halogens is 14. The van der Waals surface area contributed by atoms with Gasteiger partial charge in [0, 0.05) is 12.1 Å². The smallest absolute Gasteiger partial charge is 0.421 e. The van der Waals surface area contributed by atoms with Crippen molar-refractivity contribution in [3.05, 3.63) is 70.0 Å². The topological polar surface area (TPSA) is 70.5 Å². The van der Waals surface area contributed by atoms with Gasteiger partial charge in [-0.2, -0.15) is 43.9 Å². The van der Waals surface area contributed by atoms with Crippen LogP contribution in [0.1, 0.15) is 16.7 Å². The summed E-state index contributed by atoms with van der Waals surface area (Å²) in [5, 5.41) is 0. The average Bonchev–Trinajstić information content (AvgIpc) is 2.75. The third-order valence-electron chi connectivity index (χ3n) is 4.80. The Balaban J connectivity index is 2.17. The molecule has 0 unspecified atom stereocenters. The highest BCUT2D eigenvalue weighted by molar-refractivity contribution is 5.58. The molecule has 0 saturated heterocycles. The van der Waals surface area contributed by atoms with E-state index >= 15 is 4.39 Å². The fourth-order valence-electron chi connectivity index (χ4n) is 3.14. The van der Waals surface area contributed by atoms with Gasteiger partial charge in [-0.15, -0.1) is 0 Å². The predicted octanol–water partition coefficient (Wildman–Crippen LogP) is 8.19. The molecule has 0 spiro atoms. The maximum Gasteiger partial charge on any atom is 0.421 e. The first-order valence-corrected chi connectivity index (χ1v) is 9.60. The van der Waals surface area contributed by atoms with Gasteiger partial charge in [-0.25, -0.2) is 17.6 Å². The van der Waals surface area contributed by atoms with E-state index in [-0.39, 0.29) is 18.2 Å². The van der Waals surface area contributed by atoms with E-state index in [0.717, 1.165) is 0 Å². The summed E-state index contributed by atoms with van der Waals surface area (Å²) in [5.41, 5.74) is -0.749. The van der Waals surface area contributed by atoms with E-state index in [4.69, 9.17) is 11.5 Å². The Morgan fingerprint density at radius 1 is 0.513 bits per heavy atom. The molecule has 0 bridgehead atoms. The van der Waals surface area contributed by atoms with Crippen LogP contribution < -0.4 is 20.9 Å². The molecule has 0 atom stereocenters. The van der Waals surface area contributed by atoms with Gasteiger partial charge < -0.3 is 20.9 Å². The van der Waals surface area contributed by atoms with Gasteiger partial charge in [0.25, 0.3) is 0 Å². The van der Waals surface area contributed by atoms with Gasteiger partial charge in [0.1, 0.15) is 28.3 Å². The van der Waals surface area contributed by atoms with E-state index in [1.807, 2.05) is 0 Å². The fraction of sp³-hybridized carbons (Fsp3) is 0.143. The first-order valence-electron chi connectivity index (χ1n) is 9.60. The highest BCUT2D eigenvalue weighted by Gasteiger charge is 2.42. The van der Waals surface area contributed by atoms with E-state index in [0.29, 0.717) is 0 Å². The Morgan fingerprint density at radius 3 is 1.31 bits per heavy atom. The molecule has 3 aromatic rings. The summed E-state index contributed by atoms with van der Waals surface area (Å²) in [7, 11) is 0. The summed E-state index contributed by atoms with van der Waals surface area (Å²) in [6.45, 7) is 0. The van der Waals surface area contributed by atoms with Gasteiger partial charge in [-0.1, -0.05) is 0 Å². The van der Waals surface area contributed by atoms with Crippen LogP contribution >= 0.6 is 0 Å². The predicted molar refractivity (Wildman–Crippen MR) is 103 cm³/mol. The van der Waals surface area contributed by atoms with Crippen LogP contribution in [0.5, 0.6) is 23.0 Å². The maximum absolute atomic E-state index is 15.0. The van der Waals surface area contributed by atoms with Crippen LogP contribution in [-0.2, 0) is 18.5 Å². The van der Waals surface area contributed by atoms with Gasteiger partial charge in [-0.3, -0.25) is 0 Å². The van der Waals surface area contributed by atoms with Crippen LogP contribution in [0.15, 0.2) is 24.3 Å². The Bertz CT molecular complexity index is 1450. The first-order chi connectivity index (χ1) is 17.7. The lowest BCUT2D eigenvalue weighted by molar-refractivity contribution is -0.140. The summed E-state index contributed by atoms with van der Waals surface area (Å²) in [4.78, 5) is 0. The Labute approximate surface area is 206 Å². The largest absolute Gasteiger partial charge is 0.451 e. The highest BCUT2D eigenvalue weighted by Crippen LogP contribution is 2.47. The fourth-order valence-corrected chi connectivity index (χ4v) is 3.14. The van der Waals surface area contributed by atoms with E-state index in [9.17, 15) is 57.1 Å². The molecule has 0 saturated carbocycles. The molecule has 0 aromatic heterocycles. The van der Waals surface area contributed by atoms with Crippen LogP contribution in [0.25, 0.3) is 0 Å². The Morgan fingerprint density at radius 2 is 0.923 bits per heavy atom. The lowest BCUT2D eigenvalue weighted by atomic mass is 10.1. The minimum absolute atomic E-state index is 0.0445. The van der Waals surface area contributed by atoms with Crippen molar-refractivity contribution in [2.24, 2.45) is 0 Å². The zero-order valence-electron chi connectivity index (χ0n) is 18.1. The molecule has 0 aliphatic heterocycles. The minimum atomic E-state index is -5.56. The highest BCUT2D eigenvalue weighted by atomic mass is 19.4.